The van der Waals surface area contributed by atoms with Crippen LogP contribution in [0, 0.1) is 6.92 Å². The van der Waals surface area contributed by atoms with Gasteiger partial charge >= 0.3 is 5.97 Å². The van der Waals surface area contributed by atoms with E-state index >= 15 is 0 Å². The summed E-state index contributed by atoms with van der Waals surface area (Å²) in [5, 5.41) is 23.5. The normalized spacial score (nSPS) is 12.2. The number of aliphatic hydroxyl groups excluding tert-OH is 1. The van der Waals surface area contributed by atoms with Gasteiger partial charge in [0, 0.05) is 12.7 Å². The number of carbonyl (C=O) groups is 2. The molecule has 1 rings (SSSR count). The summed E-state index contributed by atoms with van der Waals surface area (Å²) in [4.78, 5) is 22.2. The zero-order valence-electron chi connectivity index (χ0n) is 8.97. The maximum atomic E-state index is 11.6. The number of rotatable bonds is 4. The summed E-state index contributed by atoms with van der Waals surface area (Å²) in [6, 6.07) is -1.30. The SMILES string of the molecule is Cc1c(C(=O)N[C@H](CO)C(=O)O)cnn1C. The van der Waals surface area contributed by atoms with Crippen LogP contribution in [0.25, 0.3) is 0 Å². The molecular weight excluding hydrogens is 214 g/mol. The van der Waals surface area contributed by atoms with E-state index in [1.807, 2.05) is 0 Å². The van der Waals surface area contributed by atoms with Crippen LogP contribution in [-0.4, -0.2) is 44.5 Å². The largest absolute Gasteiger partial charge is 0.480 e. The van der Waals surface area contributed by atoms with Crippen molar-refractivity contribution < 1.29 is 19.8 Å². The minimum Gasteiger partial charge on any atom is -0.480 e. The highest BCUT2D eigenvalue weighted by molar-refractivity contribution is 5.97. The van der Waals surface area contributed by atoms with Gasteiger partial charge in [0.1, 0.15) is 0 Å². The summed E-state index contributed by atoms with van der Waals surface area (Å²) in [7, 11) is 1.67. The second-order valence-corrected chi connectivity index (χ2v) is 3.31. The molecule has 0 saturated carbocycles. The van der Waals surface area contributed by atoms with E-state index < -0.39 is 24.5 Å². The Morgan fingerprint density at radius 2 is 2.25 bits per heavy atom. The topological polar surface area (TPSA) is 104 Å². The van der Waals surface area contributed by atoms with E-state index in [9.17, 15) is 9.59 Å². The number of aromatic nitrogens is 2. The van der Waals surface area contributed by atoms with Crippen molar-refractivity contribution in [3.05, 3.63) is 17.5 Å². The first-order valence-corrected chi connectivity index (χ1v) is 4.60. The van der Waals surface area contributed by atoms with Crippen molar-refractivity contribution in [3.63, 3.8) is 0 Å². The first kappa shape index (κ1) is 12.2. The number of aryl methyl sites for hydroxylation is 1. The molecule has 3 N–H and O–H groups in total. The average molecular weight is 227 g/mol. The van der Waals surface area contributed by atoms with Gasteiger partial charge in [-0.05, 0) is 6.92 Å². The van der Waals surface area contributed by atoms with E-state index in [0.29, 0.717) is 11.3 Å². The molecule has 0 aliphatic rings. The lowest BCUT2D eigenvalue weighted by Crippen LogP contribution is -2.43. The van der Waals surface area contributed by atoms with Gasteiger partial charge in [0.15, 0.2) is 6.04 Å². The molecule has 16 heavy (non-hydrogen) atoms. The second-order valence-electron chi connectivity index (χ2n) is 3.31. The Hall–Kier alpha value is -1.89. The molecule has 0 radical (unpaired) electrons. The maximum Gasteiger partial charge on any atom is 0.328 e. The third-order valence-electron chi connectivity index (χ3n) is 2.27. The van der Waals surface area contributed by atoms with Gasteiger partial charge < -0.3 is 15.5 Å². The highest BCUT2D eigenvalue weighted by Crippen LogP contribution is 2.05. The van der Waals surface area contributed by atoms with Crippen LogP contribution in [0.4, 0.5) is 0 Å². The minimum atomic E-state index is -1.30. The molecule has 0 unspecified atom stereocenters. The molecule has 0 saturated heterocycles. The summed E-state index contributed by atoms with van der Waals surface area (Å²) in [5.74, 6) is -1.84. The average Bonchev–Trinajstić information content (AvgIpc) is 2.55. The van der Waals surface area contributed by atoms with Crippen LogP contribution in [0.15, 0.2) is 6.20 Å². The molecule has 0 spiro atoms. The number of nitrogens with zero attached hydrogens (tertiary/aromatic N) is 2. The number of carboxylic acid groups (broad SMARTS) is 1. The molecule has 7 heteroatoms. The van der Waals surface area contributed by atoms with E-state index in [-0.39, 0.29) is 0 Å². The Kier molecular flexibility index (Phi) is 3.62. The highest BCUT2D eigenvalue weighted by atomic mass is 16.4. The Labute approximate surface area is 91.7 Å². The van der Waals surface area contributed by atoms with Crippen LogP contribution in [0.3, 0.4) is 0 Å². The molecule has 1 aromatic rings. The summed E-state index contributed by atoms with van der Waals surface area (Å²) in [6.45, 7) is 1.04. The van der Waals surface area contributed by atoms with Gasteiger partial charge in [0.25, 0.3) is 5.91 Å². The first-order chi connectivity index (χ1) is 7.47. The fourth-order valence-electron chi connectivity index (χ4n) is 1.14. The molecule has 0 aliphatic carbocycles. The van der Waals surface area contributed by atoms with Crippen LogP contribution in [-0.2, 0) is 11.8 Å². The van der Waals surface area contributed by atoms with Crippen molar-refractivity contribution in [2.45, 2.75) is 13.0 Å². The molecule has 0 fully saturated rings. The predicted molar refractivity (Wildman–Crippen MR) is 53.9 cm³/mol. The lowest BCUT2D eigenvalue weighted by atomic mass is 10.2. The smallest absolute Gasteiger partial charge is 0.328 e. The first-order valence-electron chi connectivity index (χ1n) is 4.60. The predicted octanol–water partition coefficient (Wildman–Crippen LogP) is -1.10. The molecular formula is C9H13N3O4. The standard InChI is InChI=1S/C9H13N3O4/c1-5-6(3-10-12(5)2)8(14)11-7(4-13)9(15)16/h3,7,13H,4H2,1-2H3,(H,11,14)(H,15,16)/t7-/m1/s1. The third-order valence-corrected chi connectivity index (χ3v) is 2.27. The van der Waals surface area contributed by atoms with Gasteiger partial charge in [-0.1, -0.05) is 0 Å². The lowest BCUT2D eigenvalue weighted by Gasteiger charge is -2.10. The summed E-state index contributed by atoms with van der Waals surface area (Å²) >= 11 is 0. The monoisotopic (exact) mass is 227 g/mol. The number of nitrogens with one attached hydrogen (secondary N) is 1. The van der Waals surface area contributed by atoms with Gasteiger partial charge in [-0.25, -0.2) is 4.79 Å². The van der Waals surface area contributed by atoms with E-state index in [2.05, 4.69) is 10.4 Å². The summed E-state index contributed by atoms with van der Waals surface area (Å²) in [6.07, 6.45) is 1.35. The van der Waals surface area contributed by atoms with Crippen LogP contribution in [0.2, 0.25) is 0 Å². The van der Waals surface area contributed by atoms with Crippen molar-refractivity contribution in [2.24, 2.45) is 7.05 Å². The van der Waals surface area contributed by atoms with Gasteiger partial charge in [-0.2, -0.15) is 5.10 Å². The van der Waals surface area contributed by atoms with Gasteiger partial charge in [0.2, 0.25) is 0 Å². The second kappa shape index (κ2) is 4.75. The Morgan fingerprint density at radius 1 is 1.62 bits per heavy atom. The number of carboxylic acids is 1. The Bertz CT molecular complexity index is 413. The fourth-order valence-corrected chi connectivity index (χ4v) is 1.14. The van der Waals surface area contributed by atoms with Crippen molar-refractivity contribution in [2.75, 3.05) is 6.61 Å². The van der Waals surface area contributed by atoms with Crippen molar-refractivity contribution in [1.29, 1.82) is 0 Å². The highest BCUT2D eigenvalue weighted by Gasteiger charge is 2.21. The summed E-state index contributed by atoms with van der Waals surface area (Å²) < 4.78 is 1.50. The van der Waals surface area contributed by atoms with Crippen LogP contribution < -0.4 is 5.32 Å². The zero-order valence-corrected chi connectivity index (χ0v) is 8.97. The molecule has 7 nitrogen and oxygen atoms in total. The van der Waals surface area contributed by atoms with E-state index in [4.69, 9.17) is 10.2 Å². The number of carbonyl (C=O) groups excluding carboxylic acids is 1. The molecule has 1 aromatic heterocycles. The van der Waals surface area contributed by atoms with Crippen molar-refractivity contribution in [1.82, 2.24) is 15.1 Å². The third kappa shape index (κ3) is 2.37. The molecule has 1 atom stereocenters. The molecule has 1 heterocycles. The maximum absolute atomic E-state index is 11.6. The number of amides is 1. The lowest BCUT2D eigenvalue weighted by molar-refractivity contribution is -0.140. The number of hydrogen-bond acceptors (Lipinski definition) is 4. The molecule has 0 aromatic carbocycles. The van der Waals surface area contributed by atoms with Gasteiger partial charge in [-0.3, -0.25) is 9.48 Å². The Balaban J connectivity index is 2.80. The molecule has 0 aliphatic heterocycles. The number of hydrogen-bond donors (Lipinski definition) is 3. The minimum absolute atomic E-state index is 0.294. The quantitative estimate of drug-likeness (QED) is 0.606. The van der Waals surface area contributed by atoms with Crippen LogP contribution in [0.5, 0.6) is 0 Å². The Morgan fingerprint density at radius 3 is 2.62 bits per heavy atom. The molecule has 0 bridgehead atoms. The fraction of sp³-hybridized carbons (Fsp3) is 0.444. The van der Waals surface area contributed by atoms with Crippen LogP contribution in [0.1, 0.15) is 16.1 Å². The van der Waals surface area contributed by atoms with Crippen molar-refractivity contribution >= 4 is 11.9 Å². The number of aliphatic carboxylic acids is 1. The van der Waals surface area contributed by atoms with E-state index in [1.165, 1.54) is 10.9 Å². The molecule has 1 amide bonds. The van der Waals surface area contributed by atoms with Crippen LogP contribution >= 0.6 is 0 Å². The summed E-state index contributed by atoms with van der Waals surface area (Å²) in [5.41, 5.74) is 0.918. The zero-order chi connectivity index (χ0) is 12.3. The van der Waals surface area contributed by atoms with E-state index in [1.54, 1.807) is 14.0 Å². The van der Waals surface area contributed by atoms with Gasteiger partial charge in [-0.15, -0.1) is 0 Å². The van der Waals surface area contributed by atoms with E-state index in [0.717, 1.165) is 0 Å². The number of aliphatic hydroxyl groups is 1. The van der Waals surface area contributed by atoms with Crippen molar-refractivity contribution in [3.8, 4) is 0 Å². The van der Waals surface area contributed by atoms with Gasteiger partial charge in [0.05, 0.1) is 18.4 Å². The molecule has 88 valence electrons.